The monoisotopic (exact) mass is 547 g/mol. The van der Waals surface area contributed by atoms with Gasteiger partial charge in [-0.3, -0.25) is 4.79 Å². The Labute approximate surface area is 232 Å². The zero-order chi connectivity index (χ0) is 26.8. The maximum Gasteiger partial charge on any atom is 0.224 e. The zero-order valence-corrected chi connectivity index (χ0v) is 24.3. The minimum atomic E-state index is -0.313. The molecule has 1 heterocycles. The lowest BCUT2D eigenvalue weighted by atomic mass is 9.54. The van der Waals surface area contributed by atoms with Crippen molar-refractivity contribution in [3.63, 3.8) is 0 Å². The lowest BCUT2D eigenvalue weighted by Crippen LogP contribution is -2.72. The fourth-order valence-corrected chi connectivity index (χ4v) is 7.47. The number of nitrogens with zero attached hydrogens (tertiary/aromatic N) is 1. The second-order valence-electron chi connectivity index (χ2n) is 11.8. The number of hydrogen-bond donors (Lipinski definition) is 1. The molecule has 4 atom stereocenters. The lowest BCUT2D eigenvalue weighted by molar-refractivity contribution is -0.926. The highest BCUT2D eigenvalue weighted by molar-refractivity contribution is 6.42. The Morgan fingerprint density at radius 2 is 1.92 bits per heavy atom. The van der Waals surface area contributed by atoms with E-state index < -0.39 is 0 Å². The summed E-state index contributed by atoms with van der Waals surface area (Å²) >= 11 is 12.2. The topological polar surface area (TPSA) is 47.6 Å². The van der Waals surface area contributed by atoms with Crippen molar-refractivity contribution in [2.24, 2.45) is 5.92 Å². The van der Waals surface area contributed by atoms with E-state index in [1.165, 1.54) is 5.56 Å². The molecule has 0 aromatic heterocycles. The van der Waals surface area contributed by atoms with E-state index in [9.17, 15) is 4.79 Å². The molecule has 1 aliphatic carbocycles. The number of likely N-dealkylation sites (N-methyl/N-ethyl adjacent to an activating group) is 1. The first kappa shape index (κ1) is 28.2. The molecule has 1 saturated carbocycles. The normalized spacial score (nSPS) is 29.6. The number of piperidine rings is 1. The molecule has 7 heteroatoms. The molecule has 4 rings (SSSR count). The van der Waals surface area contributed by atoms with Gasteiger partial charge in [0, 0.05) is 30.9 Å². The zero-order valence-electron chi connectivity index (χ0n) is 22.8. The molecule has 2 aromatic carbocycles. The van der Waals surface area contributed by atoms with Crippen LogP contribution in [0.5, 0.6) is 5.75 Å². The standard InChI is InChI=1S/C30H40Cl2N2O3/c1-21(2)19-34(3)14-13-29(23-7-6-8-25(17-23)36-4)18-24(11-12-30(29,20-34)37-5)33-28(35)16-22-9-10-26(31)27(32)15-22/h6-10,15,17,21,24H,11-14,16,18-20H2,1-5H3/p+1/t24-,29-,30?,34+/m1/s1. The molecule has 2 aliphatic rings. The summed E-state index contributed by atoms with van der Waals surface area (Å²) in [7, 11) is 5.97. The molecule has 2 fully saturated rings. The number of fused-ring (bicyclic) bond motifs is 1. The minimum Gasteiger partial charge on any atom is -0.497 e. The first-order chi connectivity index (χ1) is 17.5. The molecule has 5 nitrogen and oxygen atoms in total. The number of carbonyl (C=O) groups excluding carboxylic acids is 1. The van der Waals surface area contributed by atoms with Gasteiger partial charge in [-0.15, -0.1) is 0 Å². The van der Waals surface area contributed by atoms with Crippen LogP contribution in [0.25, 0.3) is 0 Å². The average Bonchev–Trinajstić information content (AvgIpc) is 2.86. The number of ether oxygens (including phenoxy) is 2. The first-order valence-electron chi connectivity index (χ1n) is 13.3. The van der Waals surface area contributed by atoms with Gasteiger partial charge in [0.2, 0.25) is 5.91 Å². The van der Waals surface area contributed by atoms with Crippen molar-refractivity contribution in [2.45, 2.75) is 63.0 Å². The summed E-state index contributed by atoms with van der Waals surface area (Å²) in [6.07, 6.45) is 3.89. The summed E-state index contributed by atoms with van der Waals surface area (Å²) in [6, 6.07) is 13.9. The Kier molecular flexibility index (Phi) is 8.49. The van der Waals surface area contributed by atoms with Gasteiger partial charge in [-0.25, -0.2) is 0 Å². The van der Waals surface area contributed by atoms with Crippen LogP contribution >= 0.6 is 23.2 Å². The average molecular weight is 549 g/mol. The van der Waals surface area contributed by atoms with Crippen LogP contribution in [-0.2, 0) is 21.4 Å². The van der Waals surface area contributed by atoms with E-state index in [4.69, 9.17) is 32.7 Å². The van der Waals surface area contributed by atoms with E-state index in [1.807, 2.05) is 19.2 Å². The Bertz CT molecular complexity index is 1130. The molecule has 1 amide bonds. The third-order valence-corrected chi connectivity index (χ3v) is 9.35. The third kappa shape index (κ3) is 5.80. The number of benzene rings is 2. The van der Waals surface area contributed by atoms with Crippen LogP contribution in [0.15, 0.2) is 42.5 Å². The fourth-order valence-electron chi connectivity index (χ4n) is 7.15. The SMILES string of the molecule is COc1cccc([C@]23CC[N@@+](C)(CC(C)C)CC2(OC)CC[C@@H](NC(=O)Cc2ccc(Cl)c(Cl)c2)C3)c1. The highest BCUT2D eigenvalue weighted by Crippen LogP contribution is 2.55. The number of hydrogen-bond acceptors (Lipinski definition) is 3. The van der Waals surface area contributed by atoms with E-state index in [0.717, 1.165) is 61.1 Å². The van der Waals surface area contributed by atoms with Gasteiger partial charge in [0.25, 0.3) is 0 Å². The molecule has 1 unspecified atom stereocenters. The minimum absolute atomic E-state index is 0.00494. The number of halogens is 2. The van der Waals surface area contributed by atoms with Crippen molar-refractivity contribution in [3.8, 4) is 5.75 Å². The van der Waals surface area contributed by atoms with Gasteiger partial charge in [0.15, 0.2) is 0 Å². The Hall–Kier alpha value is -1.79. The smallest absolute Gasteiger partial charge is 0.224 e. The molecule has 0 bridgehead atoms. The highest BCUT2D eigenvalue weighted by atomic mass is 35.5. The second kappa shape index (κ2) is 11.1. The van der Waals surface area contributed by atoms with Gasteiger partial charge in [-0.2, -0.15) is 0 Å². The van der Waals surface area contributed by atoms with Gasteiger partial charge in [-0.1, -0.05) is 55.2 Å². The Morgan fingerprint density at radius 3 is 2.59 bits per heavy atom. The predicted molar refractivity (Wildman–Crippen MR) is 151 cm³/mol. The number of quaternary nitrogens is 1. The van der Waals surface area contributed by atoms with Crippen LogP contribution in [0.1, 0.15) is 50.7 Å². The van der Waals surface area contributed by atoms with Crippen molar-refractivity contribution >= 4 is 29.1 Å². The maximum atomic E-state index is 13.1. The molecule has 202 valence electrons. The van der Waals surface area contributed by atoms with Gasteiger partial charge in [-0.05, 0) is 54.7 Å². The number of methoxy groups -OCH3 is 2. The summed E-state index contributed by atoms with van der Waals surface area (Å²) in [5.74, 6) is 1.47. The molecule has 1 N–H and O–H groups in total. The number of amides is 1. The summed E-state index contributed by atoms with van der Waals surface area (Å²) in [4.78, 5) is 13.1. The van der Waals surface area contributed by atoms with Crippen LogP contribution in [0, 0.1) is 5.92 Å². The van der Waals surface area contributed by atoms with E-state index >= 15 is 0 Å². The van der Waals surface area contributed by atoms with Gasteiger partial charge >= 0.3 is 0 Å². The quantitative estimate of drug-likeness (QED) is 0.409. The Balaban J connectivity index is 1.63. The number of nitrogens with one attached hydrogen (secondary N) is 1. The fraction of sp³-hybridized carbons (Fsp3) is 0.567. The van der Waals surface area contributed by atoms with E-state index in [0.29, 0.717) is 16.0 Å². The van der Waals surface area contributed by atoms with Crippen molar-refractivity contribution in [2.75, 3.05) is 40.9 Å². The van der Waals surface area contributed by atoms with Crippen LogP contribution in [-0.4, -0.2) is 62.9 Å². The Morgan fingerprint density at radius 1 is 1.14 bits per heavy atom. The lowest BCUT2D eigenvalue weighted by Gasteiger charge is -2.61. The molecule has 1 saturated heterocycles. The van der Waals surface area contributed by atoms with Crippen LogP contribution in [0.3, 0.4) is 0 Å². The first-order valence-corrected chi connectivity index (χ1v) is 14.1. The highest BCUT2D eigenvalue weighted by Gasteiger charge is 2.62. The van der Waals surface area contributed by atoms with E-state index in [-0.39, 0.29) is 29.4 Å². The third-order valence-electron chi connectivity index (χ3n) is 8.61. The molecule has 1 aliphatic heterocycles. The van der Waals surface area contributed by atoms with Crippen LogP contribution < -0.4 is 10.1 Å². The summed E-state index contributed by atoms with van der Waals surface area (Å²) in [5, 5.41) is 4.31. The summed E-state index contributed by atoms with van der Waals surface area (Å²) < 4.78 is 13.2. The van der Waals surface area contributed by atoms with Crippen LogP contribution in [0.4, 0.5) is 0 Å². The van der Waals surface area contributed by atoms with Crippen LogP contribution in [0.2, 0.25) is 10.0 Å². The maximum absolute atomic E-state index is 13.1. The summed E-state index contributed by atoms with van der Waals surface area (Å²) in [5.41, 5.74) is 1.57. The predicted octanol–water partition coefficient (Wildman–Crippen LogP) is 6.04. The van der Waals surface area contributed by atoms with Crippen molar-refractivity contribution < 1.29 is 18.8 Å². The number of carbonyl (C=O) groups is 1. The molecular formula is C30H41Cl2N2O3+. The second-order valence-corrected chi connectivity index (χ2v) is 12.6. The van der Waals surface area contributed by atoms with Gasteiger partial charge in [0.05, 0.1) is 43.7 Å². The van der Waals surface area contributed by atoms with Gasteiger partial charge < -0.3 is 19.3 Å². The van der Waals surface area contributed by atoms with E-state index in [2.05, 4.69) is 44.4 Å². The van der Waals surface area contributed by atoms with Crippen molar-refractivity contribution in [1.82, 2.24) is 5.32 Å². The van der Waals surface area contributed by atoms with Gasteiger partial charge in [0.1, 0.15) is 17.9 Å². The summed E-state index contributed by atoms with van der Waals surface area (Å²) in [6.45, 7) is 7.76. The molecule has 2 aromatic rings. The molecule has 0 spiro atoms. The molecule has 37 heavy (non-hydrogen) atoms. The number of likely N-dealkylation sites (tertiary alicyclic amines) is 1. The van der Waals surface area contributed by atoms with Crippen molar-refractivity contribution in [3.05, 3.63) is 63.6 Å². The van der Waals surface area contributed by atoms with Crippen molar-refractivity contribution in [1.29, 1.82) is 0 Å². The number of rotatable bonds is 8. The van der Waals surface area contributed by atoms with E-state index in [1.54, 1.807) is 19.2 Å². The largest absolute Gasteiger partial charge is 0.497 e. The molecule has 0 radical (unpaired) electrons. The molecular weight excluding hydrogens is 507 g/mol.